The lowest BCUT2D eigenvalue weighted by molar-refractivity contribution is -0.141. The first-order valence-corrected chi connectivity index (χ1v) is 10.1. The highest BCUT2D eigenvalue weighted by Crippen LogP contribution is 2.30. The van der Waals surface area contributed by atoms with Gasteiger partial charge >= 0.3 is 6.18 Å². The Morgan fingerprint density at radius 3 is 2.38 bits per heavy atom. The van der Waals surface area contributed by atoms with Crippen molar-refractivity contribution in [1.29, 1.82) is 5.26 Å². The fraction of sp³-hybridized carbons (Fsp3) is 0.0800. The molecule has 6 nitrogen and oxygen atoms in total. The summed E-state index contributed by atoms with van der Waals surface area (Å²) in [6.07, 6.45) is -5.72. The molecule has 0 aliphatic heterocycles. The Bertz CT molecular complexity index is 1370. The number of nitrogens with zero attached hydrogens (tertiary/aromatic N) is 3. The van der Waals surface area contributed by atoms with Crippen LogP contribution in [0.5, 0.6) is 0 Å². The van der Waals surface area contributed by atoms with Crippen LogP contribution in [0.1, 0.15) is 39.0 Å². The number of nitrogens with one attached hydrogen (secondary N) is 1. The molecule has 0 saturated carbocycles. The number of aromatic nitrogens is 2. The smallest absolute Gasteiger partial charge is 0.384 e. The van der Waals surface area contributed by atoms with Gasteiger partial charge in [-0.15, -0.1) is 0 Å². The average Bonchev–Trinajstić information content (AvgIpc) is 3.31. The van der Waals surface area contributed by atoms with Gasteiger partial charge < -0.3 is 10.4 Å². The van der Waals surface area contributed by atoms with Gasteiger partial charge in [-0.05, 0) is 41.5 Å². The molecule has 0 fully saturated rings. The Morgan fingerprint density at radius 2 is 1.68 bits per heavy atom. The first-order chi connectivity index (χ1) is 16.3. The first kappa shape index (κ1) is 22.8. The molecule has 34 heavy (non-hydrogen) atoms. The summed E-state index contributed by atoms with van der Waals surface area (Å²) in [6.45, 7) is 0. The number of carbonyl (C=O) groups excluding carboxylic acids is 1. The standard InChI is InChI=1S/C25H17F3N4O2/c26-25(27,28)22-14-21(32(31-22)20-11-4-6-16(12-20)15-29)24(34)30-19-10-5-9-18(13-19)23(33)17-7-2-1-3-8-17/h1-14,23,33H,(H,30,34)/t23-/m1/s1. The van der Waals surface area contributed by atoms with Crippen LogP contribution < -0.4 is 5.32 Å². The van der Waals surface area contributed by atoms with Crippen LogP contribution in [-0.4, -0.2) is 20.8 Å². The van der Waals surface area contributed by atoms with E-state index in [0.29, 0.717) is 17.2 Å². The van der Waals surface area contributed by atoms with E-state index in [-0.39, 0.29) is 22.6 Å². The lowest BCUT2D eigenvalue weighted by Crippen LogP contribution is -2.17. The predicted octanol–water partition coefficient (Wildman–Crippen LogP) is 5.10. The van der Waals surface area contributed by atoms with Crippen molar-refractivity contribution in [3.8, 4) is 11.8 Å². The Hall–Kier alpha value is -4.42. The lowest BCUT2D eigenvalue weighted by atomic mass is 10.0. The average molecular weight is 462 g/mol. The molecule has 1 amide bonds. The van der Waals surface area contributed by atoms with E-state index in [1.807, 2.05) is 12.1 Å². The molecule has 1 heterocycles. The number of amides is 1. The third kappa shape index (κ3) is 4.82. The van der Waals surface area contributed by atoms with E-state index in [1.165, 1.54) is 30.3 Å². The molecular formula is C25H17F3N4O2. The van der Waals surface area contributed by atoms with Crippen molar-refractivity contribution in [3.05, 3.63) is 113 Å². The maximum atomic E-state index is 13.3. The van der Waals surface area contributed by atoms with Crippen LogP contribution in [0.3, 0.4) is 0 Å². The zero-order valence-electron chi connectivity index (χ0n) is 17.5. The normalized spacial score (nSPS) is 12.1. The molecule has 4 rings (SSSR count). The number of hydrogen-bond donors (Lipinski definition) is 2. The minimum absolute atomic E-state index is 0.132. The number of aliphatic hydroxyl groups is 1. The van der Waals surface area contributed by atoms with Crippen molar-refractivity contribution in [1.82, 2.24) is 9.78 Å². The summed E-state index contributed by atoms with van der Waals surface area (Å²) in [7, 11) is 0. The molecule has 1 atom stereocenters. The molecule has 2 N–H and O–H groups in total. The number of benzene rings is 3. The van der Waals surface area contributed by atoms with E-state index in [2.05, 4.69) is 10.4 Å². The van der Waals surface area contributed by atoms with Crippen molar-refractivity contribution in [3.63, 3.8) is 0 Å². The van der Waals surface area contributed by atoms with Crippen LogP contribution in [0.25, 0.3) is 5.69 Å². The summed E-state index contributed by atoms with van der Waals surface area (Å²) in [6, 6.07) is 23.6. The topological polar surface area (TPSA) is 90.9 Å². The molecule has 0 saturated heterocycles. The summed E-state index contributed by atoms with van der Waals surface area (Å²) >= 11 is 0. The summed E-state index contributed by atoms with van der Waals surface area (Å²) in [5.41, 5.74) is 0.157. The van der Waals surface area contributed by atoms with E-state index < -0.39 is 23.9 Å². The summed E-state index contributed by atoms with van der Waals surface area (Å²) in [5, 5.41) is 25.9. The molecule has 170 valence electrons. The van der Waals surface area contributed by atoms with E-state index >= 15 is 0 Å². The SMILES string of the molecule is N#Cc1cccc(-n2nc(C(F)(F)F)cc2C(=O)Nc2cccc([C@H](O)c3ccccc3)c2)c1. The van der Waals surface area contributed by atoms with Crippen LogP contribution in [0.15, 0.2) is 84.9 Å². The monoisotopic (exact) mass is 462 g/mol. The van der Waals surface area contributed by atoms with Gasteiger partial charge in [0.1, 0.15) is 11.8 Å². The number of halogens is 3. The number of hydrogen-bond acceptors (Lipinski definition) is 4. The molecule has 0 unspecified atom stereocenters. The second-order valence-corrected chi connectivity index (χ2v) is 7.38. The zero-order chi connectivity index (χ0) is 24.3. The largest absolute Gasteiger partial charge is 0.435 e. The minimum Gasteiger partial charge on any atom is -0.384 e. The van der Waals surface area contributed by atoms with E-state index in [0.717, 1.165) is 4.68 Å². The van der Waals surface area contributed by atoms with Crippen molar-refractivity contribution in [2.75, 3.05) is 5.32 Å². The second kappa shape index (κ2) is 9.21. The predicted molar refractivity (Wildman–Crippen MR) is 118 cm³/mol. The van der Waals surface area contributed by atoms with Crippen LogP contribution in [-0.2, 0) is 6.18 Å². The molecule has 0 aliphatic carbocycles. The van der Waals surface area contributed by atoms with Crippen LogP contribution in [0.4, 0.5) is 18.9 Å². The molecule has 1 aromatic heterocycles. The quantitative estimate of drug-likeness (QED) is 0.432. The Balaban J connectivity index is 1.67. The van der Waals surface area contributed by atoms with E-state index in [4.69, 9.17) is 5.26 Å². The van der Waals surface area contributed by atoms with Gasteiger partial charge in [0.2, 0.25) is 0 Å². The van der Waals surface area contributed by atoms with Gasteiger partial charge in [0, 0.05) is 11.8 Å². The fourth-order valence-electron chi connectivity index (χ4n) is 3.39. The second-order valence-electron chi connectivity index (χ2n) is 7.38. The number of anilines is 1. The maximum absolute atomic E-state index is 13.3. The van der Waals surface area contributed by atoms with Crippen molar-refractivity contribution < 1.29 is 23.1 Å². The van der Waals surface area contributed by atoms with Gasteiger partial charge in [0.25, 0.3) is 5.91 Å². The highest BCUT2D eigenvalue weighted by atomic mass is 19.4. The molecule has 4 aromatic rings. The van der Waals surface area contributed by atoms with Crippen LogP contribution in [0, 0.1) is 11.3 Å². The number of rotatable bonds is 5. The number of carbonyl (C=O) groups is 1. The van der Waals surface area contributed by atoms with Gasteiger partial charge in [0.15, 0.2) is 5.69 Å². The van der Waals surface area contributed by atoms with Gasteiger partial charge in [-0.1, -0.05) is 48.5 Å². The third-order valence-electron chi connectivity index (χ3n) is 5.03. The van der Waals surface area contributed by atoms with Crippen LogP contribution >= 0.6 is 0 Å². The molecular weight excluding hydrogens is 445 g/mol. The summed E-state index contributed by atoms with van der Waals surface area (Å²) in [4.78, 5) is 13.0. The van der Waals surface area contributed by atoms with Crippen molar-refractivity contribution in [2.45, 2.75) is 12.3 Å². The number of aliphatic hydroxyl groups excluding tert-OH is 1. The third-order valence-corrected chi connectivity index (χ3v) is 5.03. The Morgan fingerprint density at radius 1 is 0.971 bits per heavy atom. The fourth-order valence-corrected chi connectivity index (χ4v) is 3.39. The van der Waals surface area contributed by atoms with Gasteiger partial charge in [-0.3, -0.25) is 4.79 Å². The van der Waals surface area contributed by atoms with Crippen LogP contribution in [0.2, 0.25) is 0 Å². The first-order valence-electron chi connectivity index (χ1n) is 10.1. The molecule has 0 radical (unpaired) electrons. The molecule has 0 aliphatic rings. The van der Waals surface area contributed by atoms with E-state index in [1.54, 1.807) is 42.5 Å². The molecule has 3 aromatic carbocycles. The highest BCUT2D eigenvalue weighted by Gasteiger charge is 2.36. The highest BCUT2D eigenvalue weighted by molar-refractivity contribution is 6.03. The van der Waals surface area contributed by atoms with Gasteiger partial charge in [0.05, 0.1) is 17.3 Å². The molecule has 0 bridgehead atoms. The van der Waals surface area contributed by atoms with Gasteiger partial charge in [-0.2, -0.15) is 23.5 Å². The Labute approximate surface area is 192 Å². The molecule has 9 heteroatoms. The minimum atomic E-state index is -4.77. The molecule has 0 spiro atoms. The summed E-state index contributed by atoms with van der Waals surface area (Å²) < 4.78 is 40.9. The lowest BCUT2D eigenvalue weighted by Gasteiger charge is -2.13. The Kier molecular flexibility index (Phi) is 6.17. The van der Waals surface area contributed by atoms with Crippen molar-refractivity contribution >= 4 is 11.6 Å². The maximum Gasteiger partial charge on any atom is 0.435 e. The number of nitriles is 1. The number of alkyl halides is 3. The van der Waals surface area contributed by atoms with Crippen molar-refractivity contribution in [2.24, 2.45) is 0 Å². The zero-order valence-corrected chi connectivity index (χ0v) is 17.5. The van der Waals surface area contributed by atoms with Gasteiger partial charge in [-0.25, -0.2) is 4.68 Å². The summed E-state index contributed by atoms with van der Waals surface area (Å²) in [5.74, 6) is -0.836. The van der Waals surface area contributed by atoms with E-state index in [9.17, 15) is 23.1 Å².